The van der Waals surface area contributed by atoms with Crippen LogP contribution in [0.15, 0.2) is 48.0 Å². The highest BCUT2D eigenvalue weighted by Crippen LogP contribution is 2.35. The predicted octanol–water partition coefficient (Wildman–Crippen LogP) is 2.09. The molecule has 2 amide bonds. The number of aromatic nitrogens is 1. The lowest BCUT2D eigenvalue weighted by atomic mass is 10.2. The van der Waals surface area contributed by atoms with E-state index < -0.39 is 0 Å². The monoisotopic (exact) mass is 400 g/mol. The van der Waals surface area contributed by atoms with Crippen LogP contribution in [0.3, 0.4) is 0 Å². The zero-order valence-corrected chi connectivity index (χ0v) is 16.9. The molecule has 1 aliphatic rings. The average Bonchev–Trinajstić information content (AvgIpc) is 2.72. The fourth-order valence-electron chi connectivity index (χ4n) is 3.17. The van der Waals surface area contributed by atoms with E-state index in [-0.39, 0.29) is 24.4 Å². The Morgan fingerprint density at radius 3 is 2.89 bits per heavy atom. The van der Waals surface area contributed by atoms with E-state index in [1.807, 2.05) is 18.2 Å². The number of pyridine rings is 1. The summed E-state index contributed by atoms with van der Waals surface area (Å²) >= 11 is 1.69. The molecule has 2 aromatic rings. The molecule has 28 heavy (non-hydrogen) atoms. The molecule has 0 bridgehead atoms. The van der Waals surface area contributed by atoms with Crippen molar-refractivity contribution in [2.45, 2.75) is 17.9 Å². The number of nitrogens with zero attached hydrogens (tertiary/aromatic N) is 3. The van der Waals surface area contributed by atoms with Gasteiger partial charge in [-0.2, -0.15) is 0 Å². The molecule has 148 valence electrons. The van der Waals surface area contributed by atoms with Crippen LogP contribution >= 0.6 is 11.9 Å². The second-order valence-electron chi connectivity index (χ2n) is 6.51. The molecule has 1 atom stereocenters. The Balaban J connectivity index is 1.66. The fraction of sp³-hybridized carbons (Fsp3) is 0.350. The minimum atomic E-state index is -0.337. The van der Waals surface area contributed by atoms with Gasteiger partial charge in [-0.15, -0.1) is 0 Å². The van der Waals surface area contributed by atoms with Crippen LogP contribution in [-0.4, -0.2) is 65.3 Å². The Bertz CT molecular complexity index is 889. The number of nitrogens with one attached hydrogen (secondary N) is 1. The van der Waals surface area contributed by atoms with E-state index in [0.717, 1.165) is 22.2 Å². The number of benzene rings is 1. The molecule has 1 unspecified atom stereocenters. The molecular formula is C20H24N4O3S. The number of fused-ring (bicyclic) bond motifs is 1. The molecule has 3 rings (SSSR count). The van der Waals surface area contributed by atoms with Crippen molar-refractivity contribution in [3.63, 3.8) is 0 Å². The van der Waals surface area contributed by atoms with Crippen LogP contribution in [0.2, 0.25) is 0 Å². The molecule has 1 fully saturated rings. The van der Waals surface area contributed by atoms with Gasteiger partial charge >= 0.3 is 0 Å². The van der Waals surface area contributed by atoms with Crippen molar-refractivity contribution < 1.29 is 14.3 Å². The summed E-state index contributed by atoms with van der Waals surface area (Å²) in [6.07, 6.45) is 2.92. The first kappa shape index (κ1) is 20.2. The van der Waals surface area contributed by atoms with E-state index >= 15 is 0 Å². The van der Waals surface area contributed by atoms with Crippen LogP contribution < -0.4 is 10.1 Å². The summed E-state index contributed by atoms with van der Waals surface area (Å²) in [5.41, 5.74) is 0. The first-order valence-corrected chi connectivity index (χ1v) is 9.85. The third kappa shape index (κ3) is 4.45. The van der Waals surface area contributed by atoms with Crippen LogP contribution in [0.25, 0.3) is 10.8 Å². The predicted molar refractivity (Wildman–Crippen MR) is 110 cm³/mol. The van der Waals surface area contributed by atoms with Crippen molar-refractivity contribution in [3.05, 3.63) is 43.1 Å². The number of rotatable bonds is 6. The molecule has 7 nitrogen and oxygen atoms in total. The Morgan fingerprint density at radius 2 is 2.18 bits per heavy atom. The molecule has 1 aromatic carbocycles. The lowest BCUT2D eigenvalue weighted by Crippen LogP contribution is -2.53. The summed E-state index contributed by atoms with van der Waals surface area (Å²) < 4.78 is 7.65. The highest BCUT2D eigenvalue weighted by atomic mass is 32.2. The standard InChI is InChI=1S/C20H24N4O3S/c1-4-18(25)22-12-19(26)23-10-11-24(14(2)13-23)28-17-7-5-6-16-15(17)8-9-21-20(16)27-3/h4-9,14H,1,10-13H2,2-3H3,(H,22,25). The number of amides is 2. The second-order valence-corrected chi connectivity index (χ2v) is 7.61. The molecule has 2 heterocycles. The third-order valence-electron chi connectivity index (χ3n) is 4.66. The maximum atomic E-state index is 12.3. The topological polar surface area (TPSA) is 74.8 Å². The van der Waals surface area contributed by atoms with Crippen molar-refractivity contribution in [2.75, 3.05) is 33.3 Å². The largest absolute Gasteiger partial charge is 0.481 e. The number of hydrogen-bond acceptors (Lipinski definition) is 6. The minimum absolute atomic E-state index is 0.000827. The Morgan fingerprint density at radius 1 is 1.36 bits per heavy atom. The van der Waals surface area contributed by atoms with Gasteiger partial charge in [-0.05, 0) is 43.1 Å². The van der Waals surface area contributed by atoms with Gasteiger partial charge in [0.2, 0.25) is 17.7 Å². The quantitative estimate of drug-likeness (QED) is 0.591. The second kappa shape index (κ2) is 9.07. The van der Waals surface area contributed by atoms with Gasteiger partial charge in [0.1, 0.15) is 0 Å². The summed E-state index contributed by atoms with van der Waals surface area (Å²) in [5, 5.41) is 4.62. The summed E-state index contributed by atoms with van der Waals surface area (Å²) in [7, 11) is 1.62. The van der Waals surface area contributed by atoms with Crippen molar-refractivity contribution in [1.29, 1.82) is 0 Å². The van der Waals surface area contributed by atoms with Crippen LogP contribution in [0, 0.1) is 0 Å². The van der Waals surface area contributed by atoms with Gasteiger partial charge in [-0.1, -0.05) is 12.6 Å². The number of carbonyl (C=O) groups excluding carboxylic acids is 2. The summed E-state index contributed by atoms with van der Waals surface area (Å²) in [6.45, 7) is 7.47. The molecule has 8 heteroatoms. The Labute approximate surface area is 168 Å². The van der Waals surface area contributed by atoms with Gasteiger partial charge in [0.25, 0.3) is 0 Å². The normalized spacial score (nSPS) is 17.4. The third-order valence-corrected chi connectivity index (χ3v) is 5.99. The minimum Gasteiger partial charge on any atom is -0.481 e. The molecule has 0 aliphatic carbocycles. The van der Waals surface area contributed by atoms with Crippen molar-refractivity contribution in [3.8, 4) is 5.88 Å². The lowest BCUT2D eigenvalue weighted by Gasteiger charge is -2.39. The van der Waals surface area contributed by atoms with Crippen molar-refractivity contribution in [1.82, 2.24) is 19.5 Å². The zero-order valence-electron chi connectivity index (χ0n) is 16.1. The van der Waals surface area contributed by atoms with Crippen LogP contribution in [0.4, 0.5) is 0 Å². The van der Waals surface area contributed by atoms with Crippen LogP contribution in [0.5, 0.6) is 5.88 Å². The number of carbonyl (C=O) groups is 2. The zero-order chi connectivity index (χ0) is 20.1. The van der Waals surface area contributed by atoms with Gasteiger partial charge in [0.05, 0.1) is 13.7 Å². The Hall–Kier alpha value is -2.58. The maximum absolute atomic E-state index is 12.3. The van der Waals surface area contributed by atoms with Gasteiger partial charge in [0.15, 0.2) is 0 Å². The van der Waals surface area contributed by atoms with E-state index in [1.54, 1.807) is 30.2 Å². The van der Waals surface area contributed by atoms with Gasteiger partial charge in [0, 0.05) is 47.5 Å². The summed E-state index contributed by atoms with van der Waals surface area (Å²) in [6, 6.07) is 8.26. The van der Waals surface area contributed by atoms with Gasteiger partial charge in [-0.25, -0.2) is 9.29 Å². The highest BCUT2D eigenvalue weighted by Gasteiger charge is 2.27. The van der Waals surface area contributed by atoms with Gasteiger partial charge in [-0.3, -0.25) is 9.59 Å². The molecule has 1 aliphatic heterocycles. The molecular weight excluding hydrogens is 376 g/mol. The first-order chi connectivity index (χ1) is 13.5. The van der Waals surface area contributed by atoms with Crippen LogP contribution in [0.1, 0.15) is 6.92 Å². The van der Waals surface area contributed by atoms with Crippen LogP contribution in [-0.2, 0) is 9.59 Å². The fourth-order valence-corrected chi connectivity index (χ4v) is 4.26. The lowest BCUT2D eigenvalue weighted by molar-refractivity contribution is -0.133. The number of ether oxygens (including phenoxy) is 1. The van der Waals surface area contributed by atoms with Gasteiger partial charge < -0.3 is 15.0 Å². The van der Waals surface area contributed by atoms with E-state index in [4.69, 9.17) is 4.74 Å². The SMILES string of the molecule is C=CC(=O)NCC(=O)N1CCN(Sc2cccc3c(OC)nccc23)C(C)C1. The summed E-state index contributed by atoms with van der Waals surface area (Å²) in [4.78, 5) is 30.7. The summed E-state index contributed by atoms with van der Waals surface area (Å²) in [5.74, 6) is 0.203. The number of piperazine rings is 1. The highest BCUT2D eigenvalue weighted by molar-refractivity contribution is 7.97. The smallest absolute Gasteiger partial charge is 0.243 e. The van der Waals surface area contributed by atoms with E-state index in [2.05, 4.69) is 34.2 Å². The first-order valence-electron chi connectivity index (χ1n) is 9.08. The average molecular weight is 401 g/mol. The molecule has 0 saturated carbocycles. The molecule has 0 radical (unpaired) electrons. The molecule has 1 aromatic heterocycles. The molecule has 1 N–H and O–H groups in total. The Kier molecular flexibility index (Phi) is 6.53. The van der Waals surface area contributed by atoms with E-state index in [0.29, 0.717) is 19.0 Å². The van der Waals surface area contributed by atoms with E-state index in [9.17, 15) is 9.59 Å². The number of methoxy groups -OCH3 is 1. The van der Waals surface area contributed by atoms with E-state index in [1.165, 1.54) is 6.08 Å². The number of hydrogen-bond donors (Lipinski definition) is 1. The van der Waals surface area contributed by atoms with Crippen molar-refractivity contribution >= 4 is 34.5 Å². The van der Waals surface area contributed by atoms with Crippen molar-refractivity contribution in [2.24, 2.45) is 0 Å². The maximum Gasteiger partial charge on any atom is 0.243 e. The molecule has 0 spiro atoms. The molecule has 1 saturated heterocycles.